The van der Waals surface area contributed by atoms with Crippen LogP contribution < -0.4 is 4.74 Å². The van der Waals surface area contributed by atoms with Gasteiger partial charge in [0, 0.05) is 11.4 Å². The third-order valence-electron chi connectivity index (χ3n) is 4.57. The van der Waals surface area contributed by atoms with E-state index < -0.39 is 34.0 Å². The van der Waals surface area contributed by atoms with E-state index in [2.05, 4.69) is 0 Å². The SMILES string of the molecule is COC(=O)C1CC(Oc2ccccc2F)CN1S(=O)(=O)c1ccc(C)c(Cl)c1. The number of aryl methyl sites for hydroxylation is 1. The lowest BCUT2D eigenvalue weighted by molar-refractivity contribution is -0.144. The molecule has 3 rings (SSSR count). The molecule has 0 N–H and O–H groups in total. The Hall–Kier alpha value is -2.16. The molecular weight excluding hydrogens is 409 g/mol. The van der Waals surface area contributed by atoms with Gasteiger partial charge >= 0.3 is 5.97 Å². The lowest BCUT2D eigenvalue weighted by Crippen LogP contribution is -2.41. The Morgan fingerprint density at radius 1 is 1.25 bits per heavy atom. The number of carbonyl (C=O) groups excluding carboxylic acids is 1. The van der Waals surface area contributed by atoms with Gasteiger partial charge in [-0.2, -0.15) is 4.31 Å². The molecule has 28 heavy (non-hydrogen) atoms. The zero-order valence-electron chi connectivity index (χ0n) is 15.3. The Bertz CT molecular complexity index is 998. The van der Waals surface area contributed by atoms with Gasteiger partial charge in [0.2, 0.25) is 10.0 Å². The zero-order valence-corrected chi connectivity index (χ0v) is 16.8. The molecule has 0 amide bonds. The summed E-state index contributed by atoms with van der Waals surface area (Å²) in [6.45, 7) is 1.63. The fraction of sp³-hybridized carbons (Fsp3) is 0.316. The molecular formula is C19H19ClFNO5S. The van der Waals surface area contributed by atoms with Gasteiger partial charge in [0.1, 0.15) is 12.1 Å². The molecule has 1 heterocycles. The molecule has 1 saturated heterocycles. The monoisotopic (exact) mass is 427 g/mol. The van der Waals surface area contributed by atoms with Gasteiger partial charge < -0.3 is 9.47 Å². The molecule has 1 fully saturated rings. The van der Waals surface area contributed by atoms with Crippen molar-refractivity contribution >= 4 is 27.6 Å². The number of rotatable bonds is 5. The maximum Gasteiger partial charge on any atom is 0.324 e. The first kappa shape index (κ1) is 20.6. The molecule has 9 heteroatoms. The maximum absolute atomic E-state index is 13.9. The number of nitrogens with zero attached hydrogens (tertiary/aromatic N) is 1. The first-order chi connectivity index (χ1) is 13.2. The quantitative estimate of drug-likeness (QED) is 0.685. The van der Waals surface area contributed by atoms with Crippen LogP contribution in [0.25, 0.3) is 0 Å². The highest BCUT2D eigenvalue weighted by Gasteiger charge is 2.45. The molecule has 2 unspecified atom stereocenters. The van der Waals surface area contributed by atoms with Crippen LogP contribution in [0.2, 0.25) is 5.02 Å². The number of sulfonamides is 1. The van der Waals surface area contributed by atoms with E-state index in [1.54, 1.807) is 19.1 Å². The molecule has 0 aliphatic carbocycles. The van der Waals surface area contributed by atoms with Gasteiger partial charge in [-0.15, -0.1) is 0 Å². The lowest BCUT2D eigenvalue weighted by Gasteiger charge is -2.22. The van der Waals surface area contributed by atoms with E-state index in [0.717, 1.165) is 9.87 Å². The van der Waals surface area contributed by atoms with Crippen molar-refractivity contribution in [2.24, 2.45) is 0 Å². The van der Waals surface area contributed by atoms with Crippen LogP contribution in [-0.4, -0.2) is 44.5 Å². The first-order valence-electron chi connectivity index (χ1n) is 8.51. The average Bonchev–Trinajstić information content (AvgIpc) is 3.10. The van der Waals surface area contributed by atoms with Gasteiger partial charge in [-0.05, 0) is 36.8 Å². The average molecular weight is 428 g/mol. The fourth-order valence-electron chi connectivity index (χ4n) is 3.06. The van der Waals surface area contributed by atoms with E-state index in [1.807, 2.05) is 0 Å². The number of benzene rings is 2. The third kappa shape index (κ3) is 3.99. The second-order valence-corrected chi connectivity index (χ2v) is 8.73. The van der Waals surface area contributed by atoms with Gasteiger partial charge in [-0.25, -0.2) is 12.8 Å². The second-order valence-electron chi connectivity index (χ2n) is 6.43. The van der Waals surface area contributed by atoms with Crippen LogP contribution in [0.4, 0.5) is 4.39 Å². The molecule has 2 atom stereocenters. The highest BCUT2D eigenvalue weighted by atomic mass is 35.5. The van der Waals surface area contributed by atoms with E-state index >= 15 is 0 Å². The second kappa shape index (κ2) is 8.06. The summed E-state index contributed by atoms with van der Waals surface area (Å²) in [6, 6.07) is 9.09. The molecule has 6 nitrogen and oxygen atoms in total. The normalized spacial score (nSPS) is 20.1. The minimum Gasteiger partial charge on any atom is -0.486 e. The molecule has 1 aliphatic rings. The van der Waals surface area contributed by atoms with Crippen LogP contribution in [0.3, 0.4) is 0 Å². The molecule has 1 aliphatic heterocycles. The van der Waals surface area contributed by atoms with Crippen molar-refractivity contribution in [2.45, 2.75) is 30.4 Å². The predicted molar refractivity (Wildman–Crippen MR) is 101 cm³/mol. The van der Waals surface area contributed by atoms with Gasteiger partial charge in [0.15, 0.2) is 11.6 Å². The summed E-state index contributed by atoms with van der Waals surface area (Å²) in [5.74, 6) is -1.28. The Morgan fingerprint density at radius 3 is 2.61 bits per heavy atom. The van der Waals surface area contributed by atoms with Crippen LogP contribution in [-0.2, 0) is 19.6 Å². The number of hydrogen-bond donors (Lipinski definition) is 0. The van der Waals surface area contributed by atoms with E-state index in [4.69, 9.17) is 21.1 Å². The van der Waals surface area contributed by atoms with Crippen LogP contribution in [0, 0.1) is 12.7 Å². The number of hydrogen-bond acceptors (Lipinski definition) is 5. The Labute approximate surface area is 167 Å². The van der Waals surface area contributed by atoms with Gasteiger partial charge in [0.05, 0.1) is 18.6 Å². The van der Waals surface area contributed by atoms with Crippen molar-refractivity contribution < 1.29 is 27.1 Å². The smallest absolute Gasteiger partial charge is 0.324 e. The molecule has 150 valence electrons. The highest BCUT2D eigenvalue weighted by molar-refractivity contribution is 7.89. The predicted octanol–water partition coefficient (Wildman–Crippen LogP) is 3.17. The van der Waals surface area contributed by atoms with E-state index in [-0.39, 0.29) is 23.6 Å². The molecule has 0 saturated carbocycles. The largest absolute Gasteiger partial charge is 0.486 e. The minimum atomic E-state index is -4.04. The Balaban J connectivity index is 1.91. The van der Waals surface area contributed by atoms with Crippen LogP contribution in [0.5, 0.6) is 5.75 Å². The molecule has 0 radical (unpaired) electrons. The van der Waals surface area contributed by atoms with Gasteiger partial charge in [-0.3, -0.25) is 4.79 Å². The number of esters is 1. The van der Waals surface area contributed by atoms with Gasteiger partial charge in [0.25, 0.3) is 0 Å². The van der Waals surface area contributed by atoms with Crippen molar-refractivity contribution in [2.75, 3.05) is 13.7 Å². The standard InChI is InChI=1S/C19H19ClFNO5S/c1-12-7-8-14(10-15(12)20)28(24,25)22-11-13(9-17(22)19(23)26-2)27-18-6-4-3-5-16(18)21/h3-8,10,13,17H,9,11H2,1-2H3. The first-order valence-corrected chi connectivity index (χ1v) is 10.3. The summed E-state index contributed by atoms with van der Waals surface area (Å²) < 4.78 is 51.5. The molecule has 0 aromatic heterocycles. The van der Waals surface area contributed by atoms with Crippen molar-refractivity contribution in [1.82, 2.24) is 4.31 Å². The minimum absolute atomic E-state index is 0.00579. The van der Waals surface area contributed by atoms with E-state index in [0.29, 0.717) is 5.02 Å². The number of carbonyl (C=O) groups is 1. The lowest BCUT2D eigenvalue weighted by atomic mass is 10.2. The number of para-hydroxylation sites is 1. The Morgan fingerprint density at radius 2 is 1.96 bits per heavy atom. The molecule has 2 aromatic carbocycles. The molecule has 2 aromatic rings. The summed E-state index contributed by atoms with van der Waals surface area (Å²) >= 11 is 6.07. The summed E-state index contributed by atoms with van der Waals surface area (Å²) in [5, 5.41) is 0.300. The van der Waals surface area contributed by atoms with Crippen molar-refractivity contribution in [3.63, 3.8) is 0 Å². The topological polar surface area (TPSA) is 72.9 Å². The fourth-order valence-corrected chi connectivity index (χ4v) is 4.95. The zero-order chi connectivity index (χ0) is 20.5. The number of ether oxygens (including phenoxy) is 2. The summed E-state index contributed by atoms with van der Waals surface area (Å²) in [6.07, 6.45) is -0.670. The number of halogens is 2. The van der Waals surface area contributed by atoms with Crippen LogP contribution in [0.15, 0.2) is 47.4 Å². The van der Waals surface area contributed by atoms with Crippen molar-refractivity contribution in [3.8, 4) is 5.75 Å². The van der Waals surface area contributed by atoms with E-state index in [1.165, 1.54) is 37.4 Å². The summed E-state index contributed by atoms with van der Waals surface area (Å²) in [4.78, 5) is 12.2. The Kier molecular flexibility index (Phi) is 5.92. The van der Waals surface area contributed by atoms with Crippen LogP contribution in [0.1, 0.15) is 12.0 Å². The summed E-state index contributed by atoms with van der Waals surface area (Å²) in [7, 11) is -2.86. The highest BCUT2D eigenvalue weighted by Crippen LogP contribution is 2.31. The molecule has 0 bridgehead atoms. The maximum atomic E-state index is 13.9. The third-order valence-corrected chi connectivity index (χ3v) is 6.85. The summed E-state index contributed by atoms with van der Waals surface area (Å²) in [5.41, 5.74) is 0.729. The number of methoxy groups -OCH3 is 1. The van der Waals surface area contributed by atoms with Crippen molar-refractivity contribution in [3.05, 3.63) is 58.9 Å². The molecule has 0 spiro atoms. The van der Waals surface area contributed by atoms with E-state index in [9.17, 15) is 17.6 Å². The van der Waals surface area contributed by atoms with Crippen molar-refractivity contribution in [1.29, 1.82) is 0 Å². The van der Waals surface area contributed by atoms with Gasteiger partial charge in [-0.1, -0.05) is 29.8 Å². The van der Waals surface area contributed by atoms with Crippen LogP contribution >= 0.6 is 11.6 Å².